The van der Waals surface area contributed by atoms with Crippen LogP contribution in [-0.2, 0) is 0 Å². The molecule has 2 atom stereocenters. The highest BCUT2D eigenvalue weighted by atomic mass is 19.4. The lowest BCUT2D eigenvalue weighted by Gasteiger charge is -2.38. The maximum atomic E-state index is 12.8. The molecule has 2 unspecified atom stereocenters. The molecular formula is C7H3F12. The molecule has 0 N–H and O–H groups in total. The van der Waals surface area contributed by atoms with Gasteiger partial charge in [0.25, 0.3) is 0 Å². The minimum Gasteiger partial charge on any atom is -0.239 e. The molecule has 0 fully saturated rings. The van der Waals surface area contributed by atoms with Gasteiger partial charge in [0.1, 0.15) is 0 Å². The van der Waals surface area contributed by atoms with Crippen LogP contribution in [0, 0.1) is 6.92 Å². The lowest BCUT2D eigenvalue weighted by molar-refractivity contribution is -0.377. The third-order valence-electron chi connectivity index (χ3n) is 2.05. The Labute approximate surface area is 96.9 Å². The van der Waals surface area contributed by atoms with Gasteiger partial charge in [0.2, 0.25) is 5.67 Å². The minimum absolute atomic E-state index is 1.23. The number of rotatable bonds is 2. The van der Waals surface area contributed by atoms with E-state index in [9.17, 15) is 52.7 Å². The van der Waals surface area contributed by atoms with Gasteiger partial charge in [-0.1, -0.05) is 0 Å². The van der Waals surface area contributed by atoms with Crippen LogP contribution < -0.4 is 0 Å². The molecule has 0 aromatic rings. The summed E-state index contributed by atoms with van der Waals surface area (Å²) < 4.78 is 145. The quantitative estimate of drug-likeness (QED) is 0.668. The van der Waals surface area contributed by atoms with Crippen LogP contribution in [0.25, 0.3) is 0 Å². The molecular weight excluding hydrogens is 312 g/mol. The first-order valence-electron chi connectivity index (χ1n) is 3.98. The highest BCUT2D eigenvalue weighted by Crippen LogP contribution is 2.54. The standard InChI is InChI=1S/C7H3F12/c1-3(9,5(11,12)13)2(8)4(10,6(14,15)16)7(17,18)19/h2H,1H2. The van der Waals surface area contributed by atoms with Gasteiger partial charge in [-0.2, -0.15) is 39.5 Å². The smallest absolute Gasteiger partial charge is 0.239 e. The lowest BCUT2D eigenvalue weighted by atomic mass is 9.86. The van der Waals surface area contributed by atoms with E-state index in [4.69, 9.17) is 0 Å². The normalized spacial score (nSPS) is 20.1. The van der Waals surface area contributed by atoms with E-state index in [2.05, 4.69) is 0 Å². The van der Waals surface area contributed by atoms with Gasteiger partial charge in [-0.05, 0) is 6.92 Å². The topological polar surface area (TPSA) is 0 Å². The summed E-state index contributed by atoms with van der Waals surface area (Å²) in [4.78, 5) is 0. The van der Waals surface area contributed by atoms with Crippen molar-refractivity contribution in [1.29, 1.82) is 0 Å². The molecule has 0 aromatic carbocycles. The van der Waals surface area contributed by atoms with E-state index in [1.165, 1.54) is 6.92 Å². The minimum atomic E-state index is -7.16. The highest BCUT2D eigenvalue weighted by molar-refractivity contribution is 5.12. The second kappa shape index (κ2) is 4.33. The Morgan fingerprint density at radius 2 is 0.842 bits per heavy atom. The molecule has 0 saturated carbocycles. The van der Waals surface area contributed by atoms with Crippen molar-refractivity contribution >= 4 is 0 Å². The van der Waals surface area contributed by atoms with Crippen LogP contribution in [-0.4, -0.2) is 36.0 Å². The molecule has 0 heterocycles. The van der Waals surface area contributed by atoms with Crippen molar-refractivity contribution in [2.24, 2.45) is 0 Å². The number of halogens is 12. The summed E-state index contributed by atoms with van der Waals surface area (Å²) in [6.07, 6.45) is -26.6. The second-order valence-corrected chi connectivity index (χ2v) is 3.43. The van der Waals surface area contributed by atoms with Crippen molar-refractivity contribution in [3.63, 3.8) is 0 Å². The molecule has 0 aliphatic heterocycles. The lowest BCUT2D eigenvalue weighted by Crippen LogP contribution is -2.67. The summed E-state index contributed by atoms with van der Waals surface area (Å²) in [5, 5.41) is 0. The summed E-state index contributed by atoms with van der Waals surface area (Å²) in [5.41, 5.74) is -13.0. The van der Waals surface area contributed by atoms with Gasteiger partial charge in [-0.3, -0.25) is 0 Å². The Morgan fingerprint density at radius 3 is 1.00 bits per heavy atom. The van der Waals surface area contributed by atoms with E-state index < -0.39 is 36.0 Å². The Hall–Kier alpha value is -0.840. The summed E-state index contributed by atoms with van der Waals surface area (Å²) in [6.45, 7) is 1.23. The van der Waals surface area contributed by atoms with Crippen LogP contribution in [0.2, 0.25) is 0 Å². The van der Waals surface area contributed by atoms with Crippen molar-refractivity contribution < 1.29 is 52.7 Å². The SMILES string of the molecule is [CH2]C(F)(C(F)C(F)(C(F)(F)F)C(F)(F)F)C(F)(F)F. The van der Waals surface area contributed by atoms with Crippen LogP contribution in [0.4, 0.5) is 52.7 Å². The summed E-state index contributed by atoms with van der Waals surface area (Å²) >= 11 is 0. The van der Waals surface area contributed by atoms with Gasteiger partial charge in [0.05, 0.1) is 0 Å². The van der Waals surface area contributed by atoms with E-state index in [1.807, 2.05) is 0 Å². The van der Waals surface area contributed by atoms with E-state index >= 15 is 0 Å². The van der Waals surface area contributed by atoms with Crippen LogP contribution in [0.3, 0.4) is 0 Å². The fraction of sp³-hybridized carbons (Fsp3) is 0.857. The zero-order chi connectivity index (χ0) is 16.1. The van der Waals surface area contributed by atoms with E-state index in [-0.39, 0.29) is 0 Å². The van der Waals surface area contributed by atoms with Crippen molar-refractivity contribution in [3.05, 3.63) is 6.92 Å². The van der Waals surface area contributed by atoms with Gasteiger partial charge < -0.3 is 0 Å². The van der Waals surface area contributed by atoms with Crippen molar-refractivity contribution in [1.82, 2.24) is 0 Å². The number of hydrogen-bond donors (Lipinski definition) is 0. The van der Waals surface area contributed by atoms with Crippen LogP contribution in [0.5, 0.6) is 0 Å². The molecule has 0 amide bonds. The first kappa shape index (κ1) is 18.2. The molecule has 0 spiro atoms. The van der Waals surface area contributed by atoms with Crippen LogP contribution in [0.15, 0.2) is 0 Å². The third kappa shape index (κ3) is 2.71. The van der Waals surface area contributed by atoms with E-state index in [0.29, 0.717) is 0 Å². The molecule has 0 aliphatic rings. The molecule has 1 radical (unpaired) electrons. The first-order valence-corrected chi connectivity index (χ1v) is 3.98. The molecule has 0 rings (SSSR count). The van der Waals surface area contributed by atoms with E-state index in [1.54, 1.807) is 0 Å². The summed E-state index contributed by atoms with van der Waals surface area (Å²) in [7, 11) is 0. The monoisotopic (exact) mass is 315 g/mol. The largest absolute Gasteiger partial charge is 0.434 e. The molecule has 0 aromatic heterocycles. The predicted octanol–water partition coefficient (Wildman–Crippen LogP) is 4.26. The zero-order valence-electron chi connectivity index (χ0n) is 8.32. The Kier molecular flexibility index (Phi) is 4.14. The molecule has 0 aliphatic carbocycles. The summed E-state index contributed by atoms with van der Waals surface area (Å²) in [5.74, 6) is 0. The highest BCUT2D eigenvalue weighted by Gasteiger charge is 2.82. The van der Waals surface area contributed by atoms with Gasteiger partial charge in [0.15, 0.2) is 6.17 Å². The van der Waals surface area contributed by atoms with Gasteiger partial charge in [-0.15, -0.1) is 0 Å². The van der Waals surface area contributed by atoms with Crippen molar-refractivity contribution in [3.8, 4) is 0 Å². The van der Waals surface area contributed by atoms with Gasteiger partial charge >= 0.3 is 24.2 Å². The fourth-order valence-corrected chi connectivity index (χ4v) is 0.907. The van der Waals surface area contributed by atoms with Crippen molar-refractivity contribution in [2.75, 3.05) is 0 Å². The fourth-order valence-electron chi connectivity index (χ4n) is 0.907. The first-order chi connectivity index (χ1) is 7.90. The average Bonchev–Trinajstić information content (AvgIpc) is 2.09. The maximum absolute atomic E-state index is 12.8. The Bertz CT molecular complexity index is 302. The zero-order valence-corrected chi connectivity index (χ0v) is 8.32. The molecule has 12 heteroatoms. The molecule has 0 nitrogen and oxygen atoms in total. The predicted molar refractivity (Wildman–Crippen MR) is 36.1 cm³/mol. The van der Waals surface area contributed by atoms with Crippen molar-refractivity contribution in [2.45, 2.75) is 36.0 Å². The average molecular weight is 315 g/mol. The summed E-state index contributed by atoms with van der Waals surface area (Å²) in [6, 6.07) is 0. The van der Waals surface area contributed by atoms with Gasteiger partial charge in [-0.25, -0.2) is 13.2 Å². The van der Waals surface area contributed by atoms with Crippen LogP contribution >= 0.6 is 0 Å². The third-order valence-corrected chi connectivity index (χ3v) is 2.05. The Morgan fingerprint density at radius 1 is 0.579 bits per heavy atom. The van der Waals surface area contributed by atoms with Gasteiger partial charge in [0, 0.05) is 0 Å². The maximum Gasteiger partial charge on any atom is 0.434 e. The van der Waals surface area contributed by atoms with Crippen LogP contribution in [0.1, 0.15) is 0 Å². The molecule has 115 valence electrons. The molecule has 19 heavy (non-hydrogen) atoms. The Balaban J connectivity index is 5.97. The van der Waals surface area contributed by atoms with E-state index in [0.717, 1.165) is 0 Å². The molecule has 0 bridgehead atoms. The molecule has 0 saturated heterocycles. The number of alkyl halides is 12. The second-order valence-electron chi connectivity index (χ2n) is 3.43. The number of hydrogen-bond acceptors (Lipinski definition) is 0.